The number of carbonyl (C=O) groups is 1. The Kier molecular flexibility index (Phi) is 6.98. The first-order valence-electron chi connectivity index (χ1n) is 11.3. The molecule has 1 amide bonds. The summed E-state index contributed by atoms with van der Waals surface area (Å²) in [4.78, 5) is 16.4. The number of carbonyl (C=O) groups excluding carboxylic acids is 1. The number of fused-ring (bicyclic) bond motifs is 1. The van der Waals surface area contributed by atoms with Gasteiger partial charge in [-0.05, 0) is 68.1 Å². The summed E-state index contributed by atoms with van der Waals surface area (Å²) in [5.74, 6) is 0.406. The highest BCUT2D eigenvalue weighted by Crippen LogP contribution is 2.31. The molecule has 1 atom stereocenters. The van der Waals surface area contributed by atoms with E-state index in [9.17, 15) is 14.3 Å². The Bertz CT molecular complexity index is 1290. The maximum Gasteiger partial charge on any atom is 0.255 e. The molecular weight excluding hydrogens is 437 g/mol. The Balaban J connectivity index is 1.61. The second-order valence-electron chi connectivity index (χ2n) is 8.32. The fraction of sp³-hybridized carbons (Fsp3) is 0.308. The molecule has 0 radical (unpaired) electrons. The molecule has 1 unspecified atom stereocenters. The van der Waals surface area contributed by atoms with Gasteiger partial charge in [0.05, 0.1) is 30.5 Å². The average molecular weight is 466 g/mol. The van der Waals surface area contributed by atoms with Crippen LogP contribution in [0.3, 0.4) is 0 Å². The van der Waals surface area contributed by atoms with Gasteiger partial charge in [-0.15, -0.1) is 0 Å². The van der Waals surface area contributed by atoms with Gasteiger partial charge < -0.3 is 24.7 Å². The van der Waals surface area contributed by atoms with Crippen LogP contribution in [-0.4, -0.2) is 40.4 Å². The van der Waals surface area contributed by atoms with Crippen molar-refractivity contribution in [1.82, 2.24) is 15.5 Å². The van der Waals surface area contributed by atoms with E-state index in [2.05, 4.69) is 15.5 Å². The van der Waals surface area contributed by atoms with E-state index in [1.165, 1.54) is 12.1 Å². The smallest absolute Gasteiger partial charge is 0.255 e. The van der Waals surface area contributed by atoms with E-state index in [0.29, 0.717) is 30.1 Å². The van der Waals surface area contributed by atoms with E-state index in [-0.39, 0.29) is 18.3 Å². The number of nitrogens with one attached hydrogen (secondary N) is 2. The zero-order valence-corrected chi connectivity index (χ0v) is 19.4. The number of aliphatic hydroxyl groups excluding tert-OH is 1. The molecular formula is C26H28FN3O4. The third-order valence-electron chi connectivity index (χ3n) is 5.76. The molecule has 8 heteroatoms. The SMILES string of the molecule is CCCOc1ccc(-c2c(C)noc2C)cc1C(=O)NC(CO)Cc1c[nH]c2ccc(F)cc12. The summed E-state index contributed by atoms with van der Waals surface area (Å²) in [6, 6.07) is 9.32. The number of nitrogens with zero attached hydrogens (tertiary/aromatic N) is 1. The standard InChI is InChI=1S/C26H28FN3O4/c1-4-9-33-24-8-5-17(25-15(2)30-34-16(25)3)11-22(24)26(32)29-20(14-31)10-18-13-28-23-7-6-19(27)12-21(18)23/h5-8,11-13,20,28,31H,4,9-10,14H2,1-3H3,(H,29,32). The minimum Gasteiger partial charge on any atom is -0.493 e. The second kappa shape index (κ2) is 10.1. The van der Waals surface area contributed by atoms with Crippen LogP contribution in [0.2, 0.25) is 0 Å². The van der Waals surface area contributed by atoms with Crippen molar-refractivity contribution < 1.29 is 23.6 Å². The van der Waals surface area contributed by atoms with Crippen molar-refractivity contribution in [2.45, 2.75) is 39.7 Å². The Morgan fingerprint density at radius 2 is 2.09 bits per heavy atom. The number of aromatic nitrogens is 2. The first kappa shape index (κ1) is 23.5. The molecule has 4 rings (SSSR count). The lowest BCUT2D eigenvalue weighted by Gasteiger charge is -2.18. The molecule has 2 aromatic heterocycles. The fourth-order valence-corrected chi connectivity index (χ4v) is 4.11. The molecule has 0 aliphatic carbocycles. The van der Waals surface area contributed by atoms with Crippen LogP contribution < -0.4 is 10.1 Å². The number of rotatable bonds is 9. The van der Waals surface area contributed by atoms with E-state index in [0.717, 1.165) is 39.7 Å². The zero-order chi connectivity index (χ0) is 24.2. The van der Waals surface area contributed by atoms with Crippen molar-refractivity contribution in [3.8, 4) is 16.9 Å². The van der Waals surface area contributed by atoms with E-state index < -0.39 is 6.04 Å². The zero-order valence-electron chi connectivity index (χ0n) is 19.4. The van der Waals surface area contributed by atoms with Crippen molar-refractivity contribution >= 4 is 16.8 Å². The third-order valence-corrected chi connectivity index (χ3v) is 5.76. The minimum absolute atomic E-state index is 0.275. The number of benzene rings is 2. The van der Waals surface area contributed by atoms with Gasteiger partial charge >= 0.3 is 0 Å². The molecule has 2 heterocycles. The minimum atomic E-state index is -0.573. The lowest BCUT2D eigenvalue weighted by Crippen LogP contribution is -2.39. The number of aryl methyl sites for hydroxylation is 2. The first-order valence-corrected chi connectivity index (χ1v) is 11.3. The van der Waals surface area contributed by atoms with Gasteiger partial charge in [-0.1, -0.05) is 18.1 Å². The summed E-state index contributed by atoms with van der Waals surface area (Å²) in [5.41, 5.74) is 4.30. The molecule has 0 aliphatic rings. The predicted molar refractivity (Wildman–Crippen MR) is 127 cm³/mol. The van der Waals surface area contributed by atoms with Gasteiger partial charge in [0, 0.05) is 22.7 Å². The first-order chi connectivity index (χ1) is 16.4. The van der Waals surface area contributed by atoms with Crippen LogP contribution in [0.5, 0.6) is 5.75 Å². The Morgan fingerprint density at radius 3 is 2.79 bits per heavy atom. The summed E-state index contributed by atoms with van der Waals surface area (Å²) in [6.45, 7) is 5.85. The molecule has 34 heavy (non-hydrogen) atoms. The third kappa shape index (κ3) is 4.82. The molecule has 7 nitrogen and oxygen atoms in total. The number of H-pyrrole nitrogens is 1. The van der Waals surface area contributed by atoms with Gasteiger partial charge in [0.1, 0.15) is 17.3 Å². The maximum absolute atomic E-state index is 13.7. The monoisotopic (exact) mass is 465 g/mol. The van der Waals surface area contributed by atoms with Gasteiger partial charge in [0.15, 0.2) is 0 Å². The lowest BCUT2D eigenvalue weighted by atomic mass is 10.00. The fourth-order valence-electron chi connectivity index (χ4n) is 4.11. The number of halogens is 1. The van der Waals surface area contributed by atoms with Crippen molar-refractivity contribution in [3.63, 3.8) is 0 Å². The molecule has 3 N–H and O–H groups in total. The summed E-state index contributed by atoms with van der Waals surface area (Å²) in [6.07, 6.45) is 2.90. The number of aliphatic hydroxyl groups is 1. The van der Waals surface area contributed by atoms with Crippen LogP contribution >= 0.6 is 0 Å². The maximum atomic E-state index is 13.7. The molecule has 178 valence electrons. The highest BCUT2D eigenvalue weighted by atomic mass is 19.1. The Hall–Kier alpha value is -3.65. The number of ether oxygens (including phenoxy) is 1. The van der Waals surface area contributed by atoms with Crippen LogP contribution in [0.15, 0.2) is 47.1 Å². The van der Waals surface area contributed by atoms with E-state index in [4.69, 9.17) is 9.26 Å². The van der Waals surface area contributed by atoms with Crippen LogP contribution in [0.4, 0.5) is 4.39 Å². The van der Waals surface area contributed by atoms with Crippen LogP contribution in [0.25, 0.3) is 22.0 Å². The largest absolute Gasteiger partial charge is 0.493 e. The van der Waals surface area contributed by atoms with E-state index >= 15 is 0 Å². The Morgan fingerprint density at radius 1 is 1.26 bits per heavy atom. The topological polar surface area (TPSA) is 100 Å². The van der Waals surface area contributed by atoms with Crippen molar-refractivity contribution in [2.75, 3.05) is 13.2 Å². The molecule has 0 spiro atoms. The number of aromatic amines is 1. The normalized spacial score (nSPS) is 12.1. The van der Waals surface area contributed by atoms with Gasteiger partial charge in [-0.3, -0.25) is 4.79 Å². The number of hydrogen-bond donors (Lipinski definition) is 3. The van der Waals surface area contributed by atoms with Crippen LogP contribution in [0, 0.1) is 19.7 Å². The van der Waals surface area contributed by atoms with Gasteiger partial charge in [0.2, 0.25) is 0 Å². The van der Waals surface area contributed by atoms with Crippen molar-refractivity contribution in [3.05, 3.63) is 71.0 Å². The highest BCUT2D eigenvalue weighted by Gasteiger charge is 2.21. The second-order valence-corrected chi connectivity index (χ2v) is 8.32. The van der Waals surface area contributed by atoms with Crippen molar-refractivity contribution in [2.24, 2.45) is 0 Å². The van der Waals surface area contributed by atoms with E-state index in [1.807, 2.05) is 26.8 Å². The number of amides is 1. The Labute approximate surface area is 196 Å². The molecule has 0 fully saturated rings. The molecule has 0 bridgehead atoms. The average Bonchev–Trinajstić information content (AvgIpc) is 3.38. The van der Waals surface area contributed by atoms with E-state index in [1.54, 1.807) is 24.4 Å². The molecule has 4 aromatic rings. The number of hydrogen-bond acceptors (Lipinski definition) is 5. The quantitative estimate of drug-likeness (QED) is 0.333. The summed E-state index contributed by atoms with van der Waals surface area (Å²) in [7, 11) is 0. The summed E-state index contributed by atoms with van der Waals surface area (Å²) in [5, 5.41) is 17.6. The summed E-state index contributed by atoms with van der Waals surface area (Å²) >= 11 is 0. The van der Waals surface area contributed by atoms with Crippen molar-refractivity contribution in [1.29, 1.82) is 0 Å². The predicted octanol–water partition coefficient (Wildman–Crippen LogP) is 4.70. The molecule has 2 aromatic carbocycles. The molecule has 0 saturated heterocycles. The molecule has 0 aliphatic heterocycles. The van der Waals surface area contributed by atoms with Crippen LogP contribution in [-0.2, 0) is 6.42 Å². The molecule has 0 saturated carbocycles. The van der Waals surface area contributed by atoms with Crippen LogP contribution in [0.1, 0.15) is 40.7 Å². The highest BCUT2D eigenvalue weighted by molar-refractivity contribution is 5.98. The summed E-state index contributed by atoms with van der Waals surface area (Å²) < 4.78 is 24.9. The van der Waals surface area contributed by atoms with Gasteiger partial charge in [-0.25, -0.2) is 4.39 Å². The van der Waals surface area contributed by atoms with Gasteiger partial charge in [-0.2, -0.15) is 0 Å². The van der Waals surface area contributed by atoms with Gasteiger partial charge in [0.25, 0.3) is 5.91 Å². The lowest BCUT2D eigenvalue weighted by molar-refractivity contribution is 0.0912.